The minimum Gasteiger partial charge on any atom is -0.357 e. The molecular formula is C23H20ClN3O. The molecular weight excluding hydrogens is 370 g/mol. The minimum absolute atomic E-state index is 0.0931. The van der Waals surface area contributed by atoms with Crippen LogP contribution in [0, 0.1) is 16.7 Å². The van der Waals surface area contributed by atoms with E-state index < -0.39 is 5.92 Å². The summed E-state index contributed by atoms with van der Waals surface area (Å²) >= 11 is 6.05. The van der Waals surface area contributed by atoms with Crippen LogP contribution in [0.4, 0.5) is 0 Å². The molecule has 1 unspecified atom stereocenters. The van der Waals surface area contributed by atoms with Crippen molar-refractivity contribution in [1.29, 1.82) is 5.26 Å². The van der Waals surface area contributed by atoms with Gasteiger partial charge in [-0.25, -0.2) is 0 Å². The van der Waals surface area contributed by atoms with Crippen molar-refractivity contribution in [2.45, 2.75) is 32.6 Å². The van der Waals surface area contributed by atoms with E-state index in [1.807, 2.05) is 24.3 Å². The number of benzene rings is 1. The Morgan fingerprint density at radius 1 is 1.21 bits per heavy atom. The second-order valence-corrected chi connectivity index (χ2v) is 8.52. The van der Waals surface area contributed by atoms with Gasteiger partial charge >= 0.3 is 0 Å². The molecule has 1 N–H and O–H groups in total. The molecule has 28 heavy (non-hydrogen) atoms. The van der Waals surface area contributed by atoms with E-state index in [1.165, 1.54) is 0 Å². The molecule has 0 fully saturated rings. The molecule has 1 aliphatic heterocycles. The summed E-state index contributed by atoms with van der Waals surface area (Å²) in [5, 5.41) is 14.1. The Balaban J connectivity index is 1.94. The fourth-order valence-electron chi connectivity index (χ4n) is 4.13. The molecule has 0 spiro atoms. The molecule has 4 rings (SSSR count). The molecule has 2 aliphatic rings. The molecule has 0 saturated heterocycles. The highest BCUT2D eigenvalue weighted by molar-refractivity contribution is 6.30. The van der Waals surface area contributed by atoms with Crippen molar-refractivity contribution in [3.8, 4) is 6.07 Å². The van der Waals surface area contributed by atoms with Crippen molar-refractivity contribution in [2.24, 2.45) is 5.41 Å². The summed E-state index contributed by atoms with van der Waals surface area (Å²) in [7, 11) is 0. The molecule has 0 radical (unpaired) electrons. The quantitative estimate of drug-likeness (QED) is 0.784. The molecule has 2 heterocycles. The van der Waals surface area contributed by atoms with Crippen LogP contribution in [-0.4, -0.2) is 10.8 Å². The number of carbonyl (C=O) groups excluding carboxylic acids is 1. The van der Waals surface area contributed by atoms with E-state index in [1.54, 1.807) is 24.5 Å². The maximum absolute atomic E-state index is 13.1. The summed E-state index contributed by atoms with van der Waals surface area (Å²) in [6.07, 6.45) is 4.66. The van der Waals surface area contributed by atoms with Crippen LogP contribution in [0.15, 0.2) is 65.6 Å². The Kier molecular flexibility index (Phi) is 4.56. The Labute approximate surface area is 169 Å². The van der Waals surface area contributed by atoms with Gasteiger partial charge in [0.25, 0.3) is 0 Å². The lowest BCUT2D eigenvalue weighted by molar-refractivity contribution is -0.118. The van der Waals surface area contributed by atoms with E-state index in [0.717, 1.165) is 28.9 Å². The number of carbonyl (C=O) groups is 1. The van der Waals surface area contributed by atoms with Gasteiger partial charge in [-0.15, -0.1) is 0 Å². The molecule has 5 heteroatoms. The van der Waals surface area contributed by atoms with E-state index >= 15 is 0 Å². The van der Waals surface area contributed by atoms with Crippen LogP contribution < -0.4 is 5.32 Å². The van der Waals surface area contributed by atoms with Gasteiger partial charge in [-0.2, -0.15) is 5.26 Å². The van der Waals surface area contributed by atoms with Gasteiger partial charge in [-0.05, 0) is 41.2 Å². The molecule has 140 valence electrons. The first-order valence-electron chi connectivity index (χ1n) is 9.23. The number of allylic oxidation sites excluding steroid dienone is 3. The number of nitrogens with zero attached hydrogens (tertiary/aromatic N) is 2. The molecule has 4 nitrogen and oxygen atoms in total. The lowest BCUT2D eigenvalue weighted by Gasteiger charge is -2.39. The van der Waals surface area contributed by atoms with Crippen LogP contribution in [0.25, 0.3) is 5.70 Å². The largest absolute Gasteiger partial charge is 0.357 e. The summed E-state index contributed by atoms with van der Waals surface area (Å²) in [6, 6.07) is 13.5. The Bertz CT molecular complexity index is 1040. The van der Waals surface area contributed by atoms with Crippen molar-refractivity contribution in [2.75, 3.05) is 0 Å². The van der Waals surface area contributed by atoms with E-state index in [4.69, 9.17) is 11.6 Å². The van der Waals surface area contributed by atoms with Gasteiger partial charge in [0.1, 0.15) is 0 Å². The maximum atomic E-state index is 13.1. The predicted octanol–water partition coefficient (Wildman–Crippen LogP) is 5.00. The van der Waals surface area contributed by atoms with E-state index in [9.17, 15) is 10.1 Å². The molecule has 0 saturated carbocycles. The molecule has 1 atom stereocenters. The van der Waals surface area contributed by atoms with Crippen LogP contribution in [0.2, 0.25) is 5.02 Å². The third kappa shape index (κ3) is 3.23. The normalized spacial score (nSPS) is 21.1. The zero-order valence-electron chi connectivity index (χ0n) is 15.8. The van der Waals surface area contributed by atoms with E-state index in [0.29, 0.717) is 22.6 Å². The summed E-state index contributed by atoms with van der Waals surface area (Å²) in [5.41, 5.74) is 4.46. The summed E-state index contributed by atoms with van der Waals surface area (Å²) in [6.45, 7) is 4.20. The average molecular weight is 390 g/mol. The minimum atomic E-state index is -0.413. The summed E-state index contributed by atoms with van der Waals surface area (Å²) in [4.78, 5) is 17.3. The molecule has 1 aromatic carbocycles. The van der Waals surface area contributed by atoms with Crippen molar-refractivity contribution in [3.05, 3.63) is 81.8 Å². The smallest absolute Gasteiger partial charge is 0.162 e. The molecule has 2 aromatic rings. The number of hydrogen-bond acceptors (Lipinski definition) is 4. The lowest BCUT2D eigenvalue weighted by atomic mass is 9.68. The number of nitrogens with one attached hydrogen (secondary N) is 1. The number of hydrogen-bond donors (Lipinski definition) is 1. The maximum Gasteiger partial charge on any atom is 0.162 e. The first-order chi connectivity index (χ1) is 13.4. The van der Waals surface area contributed by atoms with Crippen molar-refractivity contribution >= 4 is 23.1 Å². The van der Waals surface area contributed by atoms with Crippen molar-refractivity contribution in [1.82, 2.24) is 10.3 Å². The second-order valence-electron chi connectivity index (χ2n) is 8.08. The van der Waals surface area contributed by atoms with Crippen LogP contribution in [-0.2, 0) is 4.79 Å². The van der Waals surface area contributed by atoms with E-state index in [2.05, 4.69) is 30.2 Å². The number of Topliss-reactive ketones (excluding diaryl/α,β-unsaturated/α-hetero) is 1. The number of halogens is 1. The highest BCUT2D eigenvalue weighted by Crippen LogP contribution is 2.47. The number of nitriles is 1. The lowest BCUT2D eigenvalue weighted by Crippen LogP contribution is -2.37. The van der Waals surface area contributed by atoms with Crippen molar-refractivity contribution in [3.63, 3.8) is 0 Å². The molecule has 0 amide bonds. The number of ketones is 1. The zero-order valence-corrected chi connectivity index (χ0v) is 16.5. The topological polar surface area (TPSA) is 65.8 Å². The first-order valence-corrected chi connectivity index (χ1v) is 9.61. The third-order valence-electron chi connectivity index (χ3n) is 5.31. The fraction of sp³-hybridized carbons (Fsp3) is 0.261. The van der Waals surface area contributed by atoms with Gasteiger partial charge in [-0.1, -0.05) is 43.6 Å². The van der Waals surface area contributed by atoms with Crippen LogP contribution in [0.1, 0.15) is 43.7 Å². The van der Waals surface area contributed by atoms with Gasteiger partial charge in [0.2, 0.25) is 0 Å². The monoisotopic (exact) mass is 389 g/mol. The van der Waals surface area contributed by atoms with Gasteiger partial charge in [0, 0.05) is 35.1 Å². The highest BCUT2D eigenvalue weighted by Gasteiger charge is 2.42. The van der Waals surface area contributed by atoms with Crippen molar-refractivity contribution < 1.29 is 4.79 Å². The molecule has 1 aliphatic carbocycles. The fourth-order valence-corrected chi connectivity index (χ4v) is 4.26. The number of dihydropyridines is 1. The van der Waals surface area contributed by atoms with Gasteiger partial charge < -0.3 is 5.32 Å². The van der Waals surface area contributed by atoms with Crippen LogP contribution in [0.3, 0.4) is 0 Å². The first kappa shape index (κ1) is 18.5. The number of pyridine rings is 1. The second kappa shape index (κ2) is 6.92. The van der Waals surface area contributed by atoms with Gasteiger partial charge in [0.15, 0.2) is 5.78 Å². The Morgan fingerprint density at radius 3 is 2.61 bits per heavy atom. The predicted molar refractivity (Wildman–Crippen MR) is 109 cm³/mol. The van der Waals surface area contributed by atoms with Crippen LogP contribution in [0.5, 0.6) is 0 Å². The SMILES string of the molecule is CC1(C)CC(=O)C2=C(C1)NC(c1ccc(Cl)cc1)=C(C#N)C2c1cccnc1. The van der Waals surface area contributed by atoms with Gasteiger partial charge in [-0.3, -0.25) is 9.78 Å². The highest BCUT2D eigenvalue weighted by atomic mass is 35.5. The summed E-state index contributed by atoms with van der Waals surface area (Å²) < 4.78 is 0. The van der Waals surface area contributed by atoms with E-state index in [-0.39, 0.29) is 11.2 Å². The summed E-state index contributed by atoms with van der Waals surface area (Å²) in [5.74, 6) is -0.320. The standard InChI is InChI=1S/C23H20ClN3O/c1-23(2)10-18-21(19(28)11-23)20(15-4-3-9-26-13-15)17(12-25)22(27-18)14-5-7-16(24)8-6-14/h3-9,13,20,27H,10-11H2,1-2H3. The van der Waals surface area contributed by atoms with Gasteiger partial charge in [0.05, 0.1) is 23.3 Å². The average Bonchev–Trinajstić information content (AvgIpc) is 2.67. The zero-order chi connectivity index (χ0) is 19.9. The Hall–Kier alpha value is -2.90. The van der Waals surface area contributed by atoms with Crippen LogP contribution >= 0.6 is 11.6 Å². The Morgan fingerprint density at radius 2 is 1.96 bits per heavy atom. The third-order valence-corrected chi connectivity index (χ3v) is 5.57. The molecule has 1 aromatic heterocycles. The number of aromatic nitrogens is 1. The molecule has 0 bridgehead atoms. The number of rotatable bonds is 2.